The van der Waals surface area contributed by atoms with E-state index in [0.29, 0.717) is 12.8 Å². The molecule has 0 aliphatic carbocycles. The average molecular weight is 385 g/mol. The molecule has 1 amide bonds. The van der Waals surface area contributed by atoms with Gasteiger partial charge in [0.1, 0.15) is 18.2 Å². The van der Waals surface area contributed by atoms with E-state index in [0.717, 1.165) is 36.6 Å². The Bertz CT molecular complexity index is 873. The van der Waals surface area contributed by atoms with Crippen LogP contribution in [0.1, 0.15) is 41.6 Å². The van der Waals surface area contributed by atoms with Crippen LogP contribution in [-0.2, 0) is 11.3 Å². The largest absolute Gasteiger partial charge is 0.445 e. The fraction of sp³-hybridized carbons (Fsp3) is 0.364. The van der Waals surface area contributed by atoms with E-state index >= 15 is 0 Å². The first-order valence-electron chi connectivity index (χ1n) is 9.51. The molecule has 2 heterocycles. The van der Waals surface area contributed by atoms with Gasteiger partial charge in [-0.15, -0.1) is 0 Å². The second kappa shape index (κ2) is 7.70. The van der Waals surface area contributed by atoms with Crippen molar-refractivity contribution >= 4 is 11.9 Å². The second-order valence-electron chi connectivity index (χ2n) is 7.49. The zero-order valence-corrected chi connectivity index (χ0v) is 15.3. The van der Waals surface area contributed by atoms with Gasteiger partial charge >= 0.3 is 6.09 Å². The standard InChI is InChI=1S/C22H21F2NO3/c23-16-6-9-20(24)19(12-16)21(26)15-10-17-7-8-18(11-15)25(17)22(27)28-13-14-4-2-1-3-5-14/h1-6,9,12,15,17-18H,7-8,10-11,13H2. The highest BCUT2D eigenvalue weighted by Crippen LogP contribution is 2.40. The maximum Gasteiger partial charge on any atom is 0.410 e. The normalized spacial score (nSPS) is 23.5. The van der Waals surface area contributed by atoms with Gasteiger partial charge in [0.2, 0.25) is 0 Å². The van der Waals surface area contributed by atoms with Crippen molar-refractivity contribution in [1.82, 2.24) is 4.90 Å². The molecule has 2 atom stereocenters. The van der Waals surface area contributed by atoms with E-state index in [1.54, 1.807) is 4.90 Å². The quantitative estimate of drug-likeness (QED) is 0.715. The zero-order chi connectivity index (χ0) is 19.7. The van der Waals surface area contributed by atoms with Crippen LogP contribution < -0.4 is 0 Å². The molecule has 2 bridgehead atoms. The first-order valence-corrected chi connectivity index (χ1v) is 9.51. The van der Waals surface area contributed by atoms with Crippen molar-refractivity contribution in [3.63, 3.8) is 0 Å². The zero-order valence-electron chi connectivity index (χ0n) is 15.3. The highest BCUT2D eigenvalue weighted by Gasteiger charge is 2.46. The summed E-state index contributed by atoms with van der Waals surface area (Å²) in [5, 5.41) is 0. The number of ether oxygens (including phenoxy) is 1. The molecule has 0 N–H and O–H groups in total. The highest BCUT2D eigenvalue weighted by molar-refractivity contribution is 5.98. The molecule has 2 unspecified atom stereocenters. The molecular formula is C22H21F2NO3. The molecule has 146 valence electrons. The Kier molecular flexibility index (Phi) is 5.11. The summed E-state index contributed by atoms with van der Waals surface area (Å²) in [6, 6.07) is 12.2. The Morgan fingerprint density at radius 1 is 1.00 bits per heavy atom. The van der Waals surface area contributed by atoms with Crippen LogP contribution >= 0.6 is 0 Å². The first-order chi connectivity index (χ1) is 13.5. The molecule has 4 nitrogen and oxygen atoms in total. The molecule has 2 saturated heterocycles. The number of nitrogens with zero attached hydrogens (tertiary/aromatic N) is 1. The van der Waals surface area contributed by atoms with Gasteiger partial charge in [-0.1, -0.05) is 30.3 Å². The monoisotopic (exact) mass is 385 g/mol. The molecule has 28 heavy (non-hydrogen) atoms. The number of carbonyl (C=O) groups excluding carboxylic acids is 2. The Hall–Kier alpha value is -2.76. The van der Waals surface area contributed by atoms with Crippen LogP contribution in [-0.4, -0.2) is 28.9 Å². The van der Waals surface area contributed by atoms with E-state index in [9.17, 15) is 18.4 Å². The van der Waals surface area contributed by atoms with Crippen LogP contribution in [0.25, 0.3) is 0 Å². The summed E-state index contributed by atoms with van der Waals surface area (Å²) in [5.41, 5.74) is 0.708. The van der Waals surface area contributed by atoms with Gasteiger partial charge in [-0.25, -0.2) is 13.6 Å². The maximum atomic E-state index is 14.0. The Balaban J connectivity index is 1.42. The SMILES string of the molecule is O=C(c1cc(F)ccc1F)C1CC2CCC(C1)N2C(=O)OCc1ccccc1. The molecule has 0 saturated carbocycles. The van der Waals surface area contributed by atoms with E-state index in [-0.39, 0.29) is 36.1 Å². The van der Waals surface area contributed by atoms with Crippen molar-refractivity contribution in [2.45, 2.75) is 44.4 Å². The summed E-state index contributed by atoms with van der Waals surface area (Å²) in [4.78, 5) is 27.1. The Labute approximate surface area is 162 Å². The first kappa shape index (κ1) is 18.6. The lowest BCUT2D eigenvalue weighted by Gasteiger charge is -2.37. The lowest BCUT2D eigenvalue weighted by atomic mass is 9.84. The second-order valence-corrected chi connectivity index (χ2v) is 7.49. The number of piperidine rings is 1. The maximum absolute atomic E-state index is 14.0. The van der Waals surface area contributed by atoms with Crippen molar-refractivity contribution in [3.8, 4) is 0 Å². The fourth-order valence-corrected chi connectivity index (χ4v) is 4.39. The summed E-state index contributed by atoms with van der Waals surface area (Å²) in [6.07, 6.45) is 2.11. The minimum absolute atomic E-state index is 0.104. The van der Waals surface area contributed by atoms with Crippen molar-refractivity contribution in [3.05, 3.63) is 71.3 Å². The van der Waals surface area contributed by atoms with Crippen LogP contribution in [0.15, 0.2) is 48.5 Å². The summed E-state index contributed by atoms with van der Waals surface area (Å²) in [6.45, 7) is 0.201. The van der Waals surface area contributed by atoms with Gasteiger partial charge in [0.15, 0.2) is 5.78 Å². The van der Waals surface area contributed by atoms with Crippen molar-refractivity contribution in [2.24, 2.45) is 5.92 Å². The predicted octanol–water partition coefficient (Wildman–Crippen LogP) is 4.73. The molecule has 2 aromatic carbocycles. The molecule has 2 aliphatic heterocycles. The van der Waals surface area contributed by atoms with Crippen LogP contribution in [0.4, 0.5) is 13.6 Å². The third kappa shape index (κ3) is 3.63. The predicted molar refractivity (Wildman–Crippen MR) is 98.7 cm³/mol. The topological polar surface area (TPSA) is 46.6 Å². The summed E-state index contributed by atoms with van der Waals surface area (Å²) >= 11 is 0. The van der Waals surface area contributed by atoms with Gasteiger partial charge in [-0.3, -0.25) is 4.79 Å². The number of fused-ring (bicyclic) bond motifs is 2. The number of Topliss-reactive ketones (excluding diaryl/α,β-unsaturated/α-hetero) is 1. The molecule has 0 radical (unpaired) electrons. The summed E-state index contributed by atoms with van der Waals surface area (Å²) in [5.74, 6) is -2.13. The number of amides is 1. The number of carbonyl (C=O) groups is 2. The number of hydrogen-bond donors (Lipinski definition) is 0. The van der Waals surface area contributed by atoms with E-state index in [2.05, 4.69) is 0 Å². The van der Waals surface area contributed by atoms with Crippen molar-refractivity contribution in [1.29, 1.82) is 0 Å². The molecule has 2 fully saturated rings. The van der Waals surface area contributed by atoms with Crippen LogP contribution in [0.5, 0.6) is 0 Å². The summed E-state index contributed by atoms with van der Waals surface area (Å²) < 4.78 is 32.9. The van der Waals surface area contributed by atoms with E-state index in [1.165, 1.54) is 0 Å². The lowest BCUT2D eigenvalue weighted by Crippen LogP contribution is -2.48. The number of halogens is 2. The van der Waals surface area contributed by atoms with Gasteiger partial charge in [0, 0.05) is 18.0 Å². The van der Waals surface area contributed by atoms with Gasteiger partial charge in [-0.05, 0) is 49.4 Å². The molecular weight excluding hydrogens is 364 g/mol. The van der Waals surface area contributed by atoms with Gasteiger partial charge in [-0.2, -0.15) is 0 Å². The molecule has 6 heteroatoms. The molecule has 4 rings (SSSR count). The van der Waals surface area contributed by atoms with Gasteiger partial charge in [0.05, 0.1) is 5.56 Å². The number of benzene rings is 2. The lowest BCUT2D eigenvalue weighted by molar-refractivity contribution is 0.0483. The van der Waals surface area contributed by atoms with E-state index in [4.69, 9.17) is 4.74 Å². The van der Waals surface area contributed by atoms with E-state index < -0.39 is 17.6 Å². The molecule has 0 aromatic heterocycles. The van der Waals surface area contributed by atoms with Crippen LogP contribution in [0.2, 0.25) is 0 Å². The minimum Gasteiger partial charge on any atom is -0.445 e. The summed E-state index contributed by atoms with van der Waals surface area (Å²) in [7, 11) is 0. The fourth-order valence-electron chi connectivity index (χ4n) is 4.39. The highest BCUT2D eigenvalue weighted by atomic mass is 19.1. The van der Waals surface area contributed by atoms with Crippen molar-refractivity contribution in [2.75, 3.05) is 0 Å². The average Bonchev–Trinajstić information content (AvgIpc) is 2.97. The third-order valence-electron chi connectivity index (χ3n) is 5.71. The van der Waals surface area contributed by atoms with Crippen LogP contribution in [0.3, 0.4) is 0 Å². The third-order valence-corrected chi connectivity index (χ3v) is 5.71. The minimum atomic E-state index is -0.705. The molecule has 2 aliphatic rings. The number of ketones is 1. The van der Waals surface area contributed by atoms with Gasteiger partial charge < -0.3 is 9.64 Å². The smallest absolute Gasteiger partial charge is 0.410 e. The Morgan fingerprint density at radius 3 is 2.36 bits per heavy atom. The number of rotatable bonds is 4. The van der Waals surface area contributed by atoms with E-state index in [1.807, 2.05) is 30.3 Å². The molecule has 0 spiro atoms. The number of hydrogen-bond acceptors (Lipinski definition) is 3. The van der Waals surface area contributed by atoms with Crippen molar-refractivity contribution < 1.29 is 23.1 Å². The van der Waals surface area contributed by atoms with Crippen LogP contribution in [0, 0.1) is 17.6 Å². The molecule has 2 aromatic rings. The van der Waals surface area contributed by atoms with Gasteiger partial charge in [0.25, 0.3) is 0 Å². The Morgan fingerprint density at radius 2 is 1.68 bits per heavy atom.